The van der Waals surface area contributed by atoms with E-state index in [1.807, 2.05) is 0 Å². The maximum absolute atomic E-state index is 11.5. The van der Waals surface area contributed by atoms with Gasteiger partial charge in [0.15, 0.2) is 0 Å². The SMILES string of the molecule is [2H]C1([2H])OC([2H])([2H])C([2H])([2H])N(C([2H])([2H])[2H])C1=O. The minimum atomic E-state index is -3.31. The molecule has 1 saturated heterocycles. The third-order valence-electron chi connectivity index (χ3n) is 0.550. The number of nitrogens with zero attached hydrogens (tertiary/aromatic N) is 1. The standard InChI is InChI=1S/C5H9NO2/c1-6-2-3-8-4-5(6)7/h2-4H2,1H3/i1D3,2D2,3D2,4D2. The van der Waals surface area contributed by atoms with Crippen molar-refractivity contribution in [3.63, 3.8) is 0 Å². The van der Waals surface area contributed by atoms with Crippen LogP contribution in [0.1, 0.15) is 12.3 Å². The molecule has 0 radical (unpaired) electrons. The van der Waals surface area contributed by atoms with Gasteiger partial charge in [-0.2, -0.15) is 0 Å². The molecular formula is C5H9NO2. The number of hydrogen-bond donors (Lipinski definition) is 0. The number of hydrogen-bond acceptors (Lipinski definition) is 2. The average Bonchev–Trinajstić information content (AvgIpc) is 1.95. The van der Waals surface area contributed by atoms with Crippen LogP contribution in [0.15, 0.2) is 0 Å². The first kappa shape index (κ1) is 1.14. The lowest BCUT2D eigenvalue weighted by Gasteiger charge is -2.21. The average molecular weight is 124 g/mol. The van der Waals surface area contributed by atoms with E-state index in [0.29, 0.717) is 0 Å². The summed E-state index contributed by atoms with van der Waals surface area (Å²) in [4.78, 5) is 11.0. The molecule has 1 fully saturated rings. The lowest BCUT2D eigenvalue weighted by atomic mass is 10.4. The van der Waals surface area contributed by atoms with Gasteiger partial charge in [0.05, 0.1) is 14.8 Å². The van der Waals surface area contributed by atoms with Crippen molar-refractivity contribution in [1.29, 1.82) is 0 Å². The van der Waals surface area contributed by atoms with Crippen LogP contribution in [0.4, 0.5) is 0 Å². The molecule has 0 spiro atoms. The number of rotatable bonds is 0. The van der Waals surface area contributed by atoms with Crippen LogP contribution in [0.25, 0.3) is 0 Å². The van der Waals surface area contributed by atoms with Crippen molar-refractivity contribution in [3.05, 3.63) is 0 Å². The van der Waals surface area contributed by atoms with Gasteiger partial charge in [-0.25, -0.2) is 0 Å². The van der Waals surface area contributed by atoms with Crippen molar-refractivity contribution in [2.45, 2.75) is 0 Å². The zero-order valence-corrected chi connectivity index (χ0v) is 3.76. The summed E-state index contributed by atoms with van der Waals surface area (Å²) in [6.45, 7) is -13.1. The van der Waals surface area contributed by atoms with Gasteiger partial charge in [0.2, 0.25) is 5.91 Å². The molecule has 46 valence electrons. The molecule has 1 aliphatic heterocycles. The normalized spacial score (nSPS) is 58.8. The number of carbonyl (C=O) groups excluding carboxylic acids is 1. The number of morpholine rings is 1. The Labute approximate surface area is 60.9 Å². The lowest BCUT2D eigenvalue weighted by Crippen LogP contribution is -2.38. The van der Waals surface area contributed by atoms with E-state index in [9.17, 15) is 4.79 Å². The molecule has 1 amide bonds. The fraction of sp³-hybridized carbons (Fsp3) is 0.800. The lowest BCUT2D eigenvalue weighted by molar-refractivity contribution is -0.140. The number of ether oxygens (including phenoxy) is 1. The quantitative estimate of drug-likeness (QED) is 0.434. The summed E-state index contributed by atoms with van der Waals surface area (Å²) in [6.07, 6.45) is 0. The molecule has 0 N–H and O–H groups in total. The Morgan fingerprint density at radius 3 is 3.75 bits per heavy atom. The molecule has 1 heterocycles. The van der Waals surface area contributed by atoms with Crippen molar-refractivity contribution in [2.24, 2.45) is 0 Å². The van der Waals surface area contributed by atoms with Crippen molar-refractivity contribution in [1.82, 2.24) is 4.90 Å². The number of carbonyl (C=O) groups is 1. The minimum absolute atomic E-state index is 0.441. The highest BCUT2D eigenvalue weighted by Gasteiger charge is 2.12. The van der Waals surface area contributed by atoms with Crippen molar-refractivity contribution < 1.29 is 21.9 Å². The minimum Gasteiger partial charge on any atom is -0.370 e. The molecule has 0 atom stereocenters. The highest BCUT2D eigenvalue weighted by molar-refractivity contribution is 5.77. The summed E-state index contributed by atoms with van der Waals surface area (Å²) in [6, 6.07) is 0. The summed E-state index contributed by atoms with van der Waals surface area (Å²) in [7, 11) is 0. The molecule has 3 nitrogen and oxygen atoms in total. The van der Waals surface area contributed by atoms with Crippen molar-refractivity contribution >= 4 is 5.91 Å². The monoisotopic (exact) mass is 124 g/mol. The van der Waals surface area contributed by atoms with Gasteiger partial charge in [0, 0.05) is 17.6 Å². The first-order valence-electron chi connectivity index (χ1n) is 6.28. The molecule has 0 unspecified atom stereocenters. The van der Waals surface area contributed by atoms with Crippen molar-refractivity contribution in [2.75, 3.05) is 26.6 Å². The summed E-state index contributed by atoms with van der Waals surface area (Å²) in [5.74, 6) is -1.78. The van der Waals surface area contributed by atoms with Crippen LogP contribution in [0.5, 0.6) is 0 Å². The highest BCUT2D eigenvalue weighted by Crippen LogP contribution is 1.92. The smallest absolute Gasteiger partial charge is 0.248 e. The molecule has 0 aromatic rings. The fourth-order valence-corrected chi connectivity index (χ4v) is 0.234. The summed E-state index contributed by atoms with van der Waals surface area (Å²) in [5, 5.41) is 0. The number of amides is 1. The van der Waals surface area contributed by atoms with Gasteiger partial charge in [-0.05, 0) is 0 Å². The topological polar surface area (TPSA) is 29.5 Å². The maximum atomic E-state index is 11.5. The zero-order valence-electron chi connectivity index (χ0n) is 12.8. The van der Waals surface area contributed by atoms with E-state index in [1.54, 1.807) is 0 Å². The Hall–Kier alpha value is -0.570. The van der Waals surface area contributed by atoms with Gasteiger partial charge in [-0.1, -0.05) is 0 Å². The third kappa shape index (κ3) is 0.980. The second kappa shape index (κ2) is 2.13. The zero-order chi connectivity index (χ0) is 13.9. The number of likely N-dealkylation sites (N-methyl/N-ethyl adjacent to an activating group) is 1. The Morgan fingerprint density at radius 1 is 2.12 bits per heavy atom. The maximum Gasteiger partial charge on any atom is 0.248 e. The van der Waals surface area contributed by atoms with Crippen LogP contribution < -0.4 is 0 Å². The van der Waals surface area contributed by atoms with E-state index in [1.165, 1.54) is 0 Å². The van der Waals surface area contributed by atoms with Crippen molar-refractivity contribution in [3.8, 4) is 0 Å². The first-order chi connectivity index (χ1) is 7.23. The molecule has 0 aromatic heterocycles. The molecule has 1 aliphatic rings. The largest absolute Gasteiger partial charge is 0.370 e. The molecule has 0 aliphatic carbocycles. The second-order valence-corrected chi connectivity index (χ2v) is 1.06. The summed E-state index contributed by atoms with van der Waals surface area (Å²) in [5.41, 5.74) is 0. The Bertz CT molecular complexity index is 348. The molecule has 1 rings (SSSR count). The van der Waals surface area contributed by atoms with E-state index in [2.05, 4.69) is 4.74 Å². The Morgan fingerprint density at radius 2 is 3.00 bits per heavy atom. The van der Waals surface area contributed by atoms with Gasteiger partial charge in [0.1, 0.15) is 6.56 Å². The van der Waals surface area contributed by atoms with E-state index >= 15 is 0 Å². The van der Waals surface area contributed by atoms with Crippen LogP contribution in [0.2, 0.25) is 0 Å². The van der Waals surface area contributed by atoms with Crippen LogP contribution in [-0.2, 0) is 9.53 Å². The molecular weight excluding hydrogens is 106 g/mol. The summed E-state index contributed by atoms with van der Waals surface area (Å²) >= 11 is 0. The van der Waals surface area contributed by atoms with Crippen LogP contribution >= 0.6 is 0 Å². The molecule has 0 saturated carbocycles. The van der Waals surface area contributed by atoms with E-state index in [-0.39, 0.29) is 0 Å². The fourth-order valence-electron chi connectivity index (χ4n) is 0.234. The summed E-state index contributed by atoms with van der Waals surface area (Å²) < 4.78 is 68.1. The van der Waals surface area contributed by atoms with E-state index in [4.69, 9.17) is 12.3 Å². The van der Waals surface area contributed by atoms with Crippen LogP contribution in [0.3, 0.4) is 0 Å². The highest BCUT2D eigenvalue weighted by atomic mass is 16.5. The Kier molecular flexibility index (Phi) is 0.303. The third-order valence-corrected chi connectivity index (χ3v) is 0.550. The van der Waals surface area contributed by atoms with Crippen LogP contribution in [-0.4, -0.2) is 37.4 Å². The molecule has 0 bridgehead atoms. The van der Waals surface area contributed by atoms with Gasteiger partial charge < -0.3 is 9.64 Å². The molecule has 3 heteroatoms. The predicted octanol–water partition coefficient (Wildman–Crippen LogP) is -0.525. The predicted molar refractivity (Wildman–Crippen MR) is 28.5 cm³/mol. The van der Waals surface area contributed by atoms with Gasteiger partial charge in [0.25, 0.3) is 0 Å². The Balaban J connectivity index is 3.37. The molecule has 0 aromatic carbocycles. The first-order valence-corrected chi connectivity index (χ1v) is 1.78. The second-order valence-electron chi connectivity index (χ2n) is 1.06. The van der Waals surface area contributed by atoms with Gasteiger partial charge >= 0.3 is 0 Å². The molecule has 8 heavy (non-hydrogen) atoms. The van der Waals surface area contributed by atoms with E-state index < -0.39 is 37.4 Å². The van der Waals surface area contributed by atoms with E-state index in [0.717, 1.165) is 0 Å². The van der Waals surface area contributed by atoms with Gasteiger partial charge in [-0.15, -0.1) is 0 Å². The van der Waals surface area contributed by atoms with Gasteiger partial charge in [-0.3, -0.25) is 4.79 Å². The van der Waals surface area contributed by atoms with Crippen LogP contribution in [0, 0.1) is 0 Å².